The van der Waals surface area contributed by atoms with Gasteiger partial charge in [0.25, 0.3) is 11.8 Å². The molecule has 0 fully saturated rings. The number of halogens is 1. The number of esters is 1. The van der Waals surface area contributed by atoms with Crippen molar-refractivity contribution >= 4 is 35.1 Å². The monoisotopic (exact) mass is 386 g/mol. The molecule has 0 bridgehead atoms. The maximum absolute atomic E-state index is 12.6. The molecule has 1 N–H and O–H groups in total. The fraction of sp³-hybridized carbons (Fsp3) is 0.250. The lowest BCUT2D eigenvalue weighted by Gasteiger charge is -2.21. The summed E-state index contributed by atoms with van der Waals surface area (Å²) in [6.45, 7) is 1.77. The molecule has 0 aliphatic carbocycles. The third kappa shape index (κ3) is 4.46. The van der Waals surface area contributed by atoms with Gasteiger partial charge in [-0.1, -0.05) is 29.8 Å². The highest BCUT2D eigenvalue weighted by molar-refractivity contribution is 6.30. The van der Waals surface area contributed by atoms with E-state index in [-0.39, 0.29) is 12.5 Å². The zero-order valence-electron chi connectivity index (χ0n) is 14.8. The van der Waals surface area contributed by atoms with Crippen LogP contribution < -0.4 is 10.2 Å². The number of para-hydroxylation sites is 1. The van der Waals surface area contributed by atoms with E-state index < -0.39 is 18.0 Å². The molecule has 2 amide bonds. The number of fused-ring (bicyclic) bond motifs is 1. The summed E-state index contributed by atoms with van der Waals surface area (Å²) in [7, 11) is 0. The molecule has 3 rings (SSSR count). The number of hydrogen-bond donors (Lipinski definition) is 1. The van der Waals surface area contributed by atoms with E-state index in [0.29, 0.717) is 17.1 Å². The molecule has 0 radical (unpaired) electrons. The Hall–Kier alpha value is -2.86. The molecule has 7 heteroatoms. The van der Waals surface area contributed by atoms with Gasteiger partial charge >= 0.3 is 5.97 Å². The molecule has 0 aromatic heterocycles. The first-order chi connectivity index (χ1) is 13.0. The van der Waals surface area contributed by atoms with Crippen LogP contribution in [-0.4, -0.2) is 37.0 Å². The molecular formula is C20H19ClN2O4. The average molecular weight is 387 g/mol. The highest BCUT2D eigenvalue weighted by Crippen LogP contribution is 2.28. The summed E-state index contributed by atoms with van der Waals surface area (Å²) < 4.78 is 5.18. The number of benzene rings is 2. The van der Waals surface area contributed by atoms with Gasteiger partial charge in [0, 0.05) is 22.8 Å². The van der Waals surface area contributed by atoms with Crippen LogP contribution in [0, 0.1) is 0 Å². The van der Waals surface area contributed by atoms with E-state index in [9.17, 15) is 14.4 Å². The zero-order valence-corrected chi connectivity index (χ0v) is 15.5. The fourth-order valence-electron chi connectivity index (χ4n) is 2.93. The summed E-state index contributed by atoms with van der Waals surface area (Å²) in [5.74, 6) is -1.38. The second-order valence-electron chi connectivity index (χ2n) is 6.19. The second-order valence-corrected chi connectivity index (χ2v) is 6.63. The summed E-state index contributed by atoms with van der Waals surface area (Å²) >= 11 is 5.77. The third-order valence-corrected chi connectivity index (χ3v) is 4.56. The minimum absolute atomic E-state index is 0.280. The van der Waals surface area contributed by atoms with Crippen LogP contribution in [0.25, 0.3) is 0 Å². The fourth-order valence-corrected chi connectivity index (χ4v) is 3.06. The van der Waals surface area contributed by atoms with Gasteiger partial charge in [-0.05, 0) is 49.2 Å². The molecule has 140 valence electrons. The van der Waals surface area contributed by atoms with Gasteiger partial charge in [-0.25, -0.2) is 0 Å². The molecule has 1 aliphatic heterocycles. The average Bonchev–Trinajstić information content (AvgIpc) is 3.10. The number of nitrogens with one attached hydrogen (secondary N) is 1. The number of anilines is 1. The van der Waals surface area contributed by atoms with Crippen molar-refractivity contribution in [1.29, 1.82) is 0 Å². The highest BCUT2D eigenvalue weighted by atomic mass is 35.5. The van der Waals surface area contributed by atoms with Gasteiger partial charge in [-0.3, -0.25) is 14.4 Å². The largest absolute Gasteiger partial charge is 0.451 e. The number of ether oxygens (including phenoxy) is 1. The highest BCUT2D eigenvalue weighted by Gasteiger charge is 2.29. The Morgan fingerprint density at radius 3 is 2.59 bits per heavy atom. The number of amides is 2. The van der Waals surface area contributed by atoms with Gasteiger partial charge in [0.1, 0.15) is 6.54 Å². The summed E-state index contributed by atoms with van der Waals surface area (Å²) in [5, 5.41) is 2.98. The lowest BCUT2D eigenvalue weighted by atomic mass is 10.2. The van der Waals surface area contributed by atoms with E-state index in [2.05, 4.69) is 5.32 Å². The van der Waals surface area contributed by atoms with Crippen LogP contribution in [0.4, 0.5) is 5.69 Å². The Bertz CT molecular complexity index is 867. The zero-order chi connectivity index (χ0) is 19.4. The van der Waals surface area contributed by atoms with Crippen molar-refractivity contribution < 1.29 is 19.1 Å². The van der Waals surface area contributed by atoms with Gasteiger partial charge in [-0.2, -0.15) is 0 Å². The van der Waals surface area contributed by atoms with Crippen LogP contribution in [-0.2, 0) is 20.7 Å². The van der Waals surface area contributed by atoms with E-state index in [1.54, 1.807) is 29.2 Å². The van der Waals surface area contributed by atoms with Crippen molar-refractivity contribution in [1.82, 2.24) is 5.32 Å². The van der Waals surface area contributed by atoms with Crippen LogP contribution in [0.2, 0.25) is 5.02 Å². The topological polar surface area (TPSA) is 75.7 Å². The van der Waals surface area contributed by atoms with Crippen LogP contribution in [0.15, 0.2) is 48.5 Å². The lowest BCUT2D eigenvalue weighted by Crippen LogP contribution is -2.41. The molecule has 1 atom stereocenters. The molecule has 0 saturated carbocycles. The first kappa shape index (κ1) is 18.9. The second kappa shape index (κ2) is 8.22. The van der Waals surface area contributed by atoms with Crippen LogP contribution in [0.3, 0.4) is 0 Å². The molecule has 6 nitrogen and oxygen atoms in total. The van der Waals surface area contributed by atoms with E-state index in [1.807, 2.05) is 24.3 Å². The van der Waals surface area contributed by atoms with Crippen LogP contribution in [0.1, 0.15) is 22.8 Å². The van der Waals surface area contributed by atoms with Crippen LogP contribution >= 0.6 is 11.6 Å². The van der Waals surface area contributed by atoms with Crippen molar-refractivity contribution in [3.8, 4) is 0 Å². The Balaban J connectivity index is 1.51. The van der Waals surface area contributed by atoms with Gasteiger partial charge < -0.3 is 15.0 Å². The predicted octanol–water partition coefficient (Wildman–Crippen LogP) is 2.59. The minimum atomic E-state index is -0.934. The van der Waals surface area contributed by atoms with Gasteiger partial charge in [0.15, 0.2) is 6.10 Å². The summed E-state index contributed by atoms with van der Waals surface area (Å²) in [6, 6.07) is 13.9. The van der Waals surface area contributed by atoms with E-state index in [4.69, 9.17) is 16.3 Å². The standard InChI is InChI=1S/C20H19ClN2O4/c1-13(20(26)23-11-10-14-4-2-3-5-17(14)23)27-18(24)12-22-19(25)15-6-8-16(21)9-7-15/h2-9,13H,10-12H2,1H3,(H,22,25)/t13-/m1/s1. The molecule has 1 aliphatic rings. The molecular weight excluding hydrogens is 368 g/mol. The maximum Gasteiger partial charge on any atom is 0.326 e. The van der Waals surface area contributed by atoms with Crippen molar-refractivity contribution in [2.24, 2.45) is 0 Å². The van der Waals surface area contributed by atoms with Crippen molar-refractivity contribution in [3.63, 3.8) is 0 Å². The smallest absolute Gasteiger partial charge is 0.326 e. The Morgan fingerprint density at radius 2 is 1.85 bits per heavy atom. The lowest BCUT2D eigenvalue weighted by molar-refractivity contribution is -0.152. The maximum atomic E-state index is 12.6. The Labute approximate surface area is 162 Å². The number of nitrogens with zero attached hydrogens (tertiary/aromatic N) is 1. The summed E-state index contributed by atoms with van der Waals surface area (Å²) in [5.41, 5.74) is 2.33. The summed E-state index contributed by atoms with van der Waals surface area (Å²) in [4.78, 5) is 38.2. The first-order valence-electron chi connectivity index (χ1n) is 8.58. The molecule has 0 saturated heterocycles. The Morgan fingerprint density at radius 1 is 1.15 bits per heavy atom. The normalized spacial score (nSPS) is 13.6. The molecule has 1 heterocycles. The molecule has 0 unspecified atom stereocenters. The van der Waals surface area contributed by atoms with E-state index in [0.717, 1.165) is 17.7 Å². The SMILES string of the molecule is C[C@@H](OC(=O)CNC(=O)c1ccc(Cl)cc1)C(=O)N1CCc2ccccc21. The minimum Gasteiger partial charge on any atom is -0.451 e. The molecule has 2 aromatic rings. The third-order valence-electron chi connectivity index (χ3n) is 4.31. The first-order valence-corrected chi connectivity index (χ1v) is 8.96. The molecule has 0 spiro atoms. The van der Waals surface area contributed by atoms with Gasteiger partial charge in [-0.15, -0.1) is 0 Å². The number of rotatable bonds is 5. The number of hydrogen-bond acceptors (Lipinski definition) is 4. The number of carbonyl (C=O) groups excluding carboxylic acids is 3. The predicted molar refractivity (Wildman–Crippen MR) is 102 cm³/mol. The summed E-state index contributed by atoms with van der Waals surface area (Å²) in [6.07, 6.45) is -0.157. The molecule has 2 aromatic carbocycles. The van der Waals surface area contributed by atoms with E-state index in [1.165, 1.54) is 6.92 Å². The molecule has 27 heavy (non-hydrogen) atoms. The quantitative estimate of drug-likeness (QED) is 0.801. The van der Waals surface area contributed by atoms with Gasteiger partial charge in [0.2, 0.25) is 0 Å². The number of carbonyl (C=O) groups is 3. The van der Waals surface area contributed by atoms with Crippen molar-refractivity contribution in [2.45, 2.75) is 19.4 Å². The van der Waals surface area contributed by atoms with E-state index >= 15 is 0 Å². The van der Waals surface area contributed by atoms with Gasteiger partial charge in [0.05, 0.1) is 0 Å². The van der Waals surface area contributed by atoms with Crippen molar-refractivity contribution in [3.05, 3.63) is 64.7 Å². The Kier molecular flexibility index (Phi) is 5.76. The van der Waals surface area contributed by atoms with Crippen molar-refractivity contribution in [2.75, 3.05) is 18.0 Å². The van der Waals surface area contributed by atoms with Crippen LogP contribution in [0.5, 0.6) is 0 Å².